The lowest BCUT2D eigenvalue weighted by Crippen LogP contribution is -2.50. The molecule has 26 heavy (non-hydrogen) atoms. The minimum absolute atomic E-state index is 0.00425. The Bertz CT molecular complexity index is 771. The predicted octanol–water partition coefficient (Wildman–Crippen LogP) is 3.87. The Morgan fingerprint density at radius 2 is 1.65 bits per heavy atom. The lowest BCUT2D eigenvalue weighted by atomic mass is 10.0. The van der Waals surface area contributed by atoms with Gasteiger partial charge in [-0.15, -0.1) is 0 Å². The van der Waals surface area contributed by atoms with Crippen LogP contribution in [0.5, 0.6) is 0 Å². The molecule has 0 radical (unpaired) electrons. The van der Waals surface area contributed by atoms with Crippen LogP contribution in [0.3, 0.4) is 0 Å². The summed E-state index contributed by atoms with van der Waals surface area (Å²) in [7, 11) is 0. The van der Waals surface area contributed by atoms with Crippen LogP contribution in [0.15, 0.2) is 47.2 Å². The number of amides is 2. The number of benzene rings is 1. The number of carbonyl (C=O) groups excluding carboxylic acids is 2. The van der Waals surface area contributed by atoms with E-state index in [1.54, 1.807) is 22.3 Å². The normalized spacial score (nSPS) is 15.0. The number of rotatable bonds is 4. The lowest BCUT2D eigenvalue weighted by Gasteiger charge is -2.34. The number of hydrogen-bond acceptors (Lipinski definition) is 3. The molecule has 1 aromatic carbocycles. The molecule has 1 saturated heterocycles. The van der Waals surface area contributed by atoms with E-state index in [0.29, 0.717) is 37.7 Å². The van der Waals surface area contributed by atoms with E-state index in [2.05, 4.69) is 13.8 Å². The number of hydrogen-bond donors (Lipinski definition) is 0. The van der Waals surface area contributed by atoms with Gasteiger partial charge in [-0.1, -0.05) is 26.0 Å². The van der Waals surface area contributed by atoms with E-state index >= 15 is 0 Å². The molecule has 0 aliphatic carbocycles. The third-order valence-electron chi connectivity index (χ3n) is 4.66. The van der Waals surface area contributed by atoms with E-state index < -0.39 is 0 Å². The van der Waals surface area contributed by atoms with E-state index in [4.69, 9.17) is 0 Å². The summed E-state index contributed by atoms with van der Waals surface area (Å²) in [6, 6.07) is 9.83. The monoisotopic (exact) mass is 368 g/mol. The molecule has 0 saturated carbocycles. The van der Waals surface area contributed by atoms with Crippen LogP contribution in [0, 0.1) is 0 Å². The maximum atomic E-state index is 12.6. The summed E-state index contributed by atoms with van der Waals surface area (Å²) in [5.74, 6) is 0.502. The van der Waals surface area contributed by atoms with Crippen LogP contribution >= 0.6 is 11.3 Å². The molecule has 2 amide bonds. The van der Waals surface area contributed by atoms with Gasteiger partial charge in [-0.2, -0.15) is 11.3 Å². The topological polar surface area (TPSA) is 40.6 Å². The molecule has 3 rings (SSSR count). The molecular weight excluding hydrogens is 344 g/mol. The third kappa shape index (κ3) is 4.41. The van der Waals surface area contributed by atoms with Crippen molar-refractivity contribution in [2.75, 3.05) is 26.2 Å². The van der Waals surface area contributed by atoms with E-state index in [9.17, 15) is 9.59 Å². The highest BCUT2D eigenvalue weighted by Crippen LogP contribution is 2.16. The Morgan fingerprint density at radius 3 is 2.23 bits per heavy atom. The number of nitrogens with zero attached hydrogens (tertiary/aromatic N) is 2. The van der Waals surface area contributed by atoms with Gasteiger partial charge in [0.25, 0.3) is 5.91 Å². The highest BCUT2D eigenvalue weighted by molar-refractivity contribution is 7.08. The fourth-order valence-electron chi connectivity index (χ4n) is 2.97. The van der Waals surface area contributed by atoms with Crippen molar-refractivity contribution in [3.05, 3.63) is 63.9 Å². The molecule has 2 heterocycles. The van der Waals surface area contributed by atoms with Crippen LogP contribution in [-0.4, -0.2) is 47.8 Å². The van der Waals surface area contributed by atoms with Gasteiger partial charge in [0.15, 0.2) is 0 Å². The van der Waals surface area contributed by atoms with Crippen molar-refractivity contribution >= 4 is 29.2 Å². The Labute approximate surface area is 158 Å². The van der Waals surface area contributed by atoms with Gasteiger partial charge < -0.3 is 9.80 Å². The summed E-state index contributed by atoms with van der Waals surface area (Å²) < 4.78 is 0. The van der Waals surface area contributed by atoms with E-state index in [-0.39, 0.29) is 11.8 Å². The zero-order valence-electron chi connectivity index (χ0n) is 15.2. The minimum Gasteiger partial charge on any atom is -0.336 e. The van der Waals surface area contributed by atoms with Gasteiger partial charge in [0.2, 0.25) is 5.91 Å². The molecular formula is C21H24N2O2S. The first-order valence-corrected chi connectivity index (χ1v) is 9.87. The number of thiophene rings is 1. The fourth-order valence-corrected chi connectivity index (χ4v) is 3.59. The number of piperazine rings is 1. The quantitative estimate of drug-likeness (QED) is 0.769. The summed E-state index contributed by atoms with van der Waals surface area (Å²) in [6.45, 7) is 6.57. The minimum atomic E-state index is 0.00425. The smallest absolute Gasteiger partial charge is 0.253 e. The van der Waals surface area contributed by atoms with Crippen molar-refractivity contribution in [1.29, 1.82) is 0 Å². The Kier molecular flexibility index (Phi) is 5.89. The largest absolute Gasteiger partial charge is 0.336 e. The van der Waals surface area contributed by atoms with Gasteiger partial charge >= 0.3 is 0 Å². The maximum Gasteiger partial charge on any atom is 0.253 e. The van der Waals surface area contributed by atoms with Gasteiger partial charge in [0.05, 0.1) is 0 Å². The molecule has 0 spiro atoms. The zero-order valence-corrected chi connectivity index (χ0v) is 16.0. The summed E-state index contributed by atoms with van der Waals surface area (Å²) in [5.41, 5.74) is 2.99. The molecule has 0 N–H and O–H groups in total. The SMILES string of the molecule is CC(C)c1ccc(C(=O)N2CCN(C(=O)/C=C/c3ccsc3)CC2)cc1. The van der Waals surface area contributed by atoms with Crippen molar-refractivity contribution in [3.8, 4) is 0 Å². The van der Waals surface area contributed by atoms with Crippen molar-refractivity contribution < 1.29 is 9.59 Å². The first kappa shape index (κ1) is 18.4. The average molecular weight is 369 g/mol. The van der Waals surface area contributed by atoms with Crippen LogP contribution in [0.4, 0.5) is 0 Å². The summed E-state index contributed by atoms with van der Waals surface area (Å²) in [5, 5.41) is 3.99. The van der Waals surface area contributed by atoms with Gasteiger partial charge in [-0.3, -0.25) is 9.59 Å². The Morgan fingerprint density at radius 1 is 1.00 bits per heavy atom. The molecule has 0 bridgehead atoms. The van der Waals surface area contributed by atoms with Crippen LogP contribution in [0.25, 0.3) is 6.08 Å². The van der Waals surface area contributed by atoms with E-state index in [0.717, 1.165) is 5.56 Å². The highest BCUT2D eigenvalue weighted by Gasteiger charge is 2.23. The zero-order chi connectivity index (χ0) is 18.5. The molecule has 2 aromatic rings. The number of carbonyl (C=O) groups is 2. The first-order chi connectivity index (χ1) is 12.5. The maximum absolute atomic E-state index is 12.6. The second-order valence-electron chi connectivity index (χ2n) is 6.78. The van der Waals surface area contributed by atoms with Gasteiger partial charge in [0, 0.05) is 37.8 Å². The van der Waals surface area contributed by atoms with Crippen LogP contribution in [0.2, 0.25) is 0 Å². The second-order valence-corrected chi connectivity index (χ2v) is 7.56. The van der Waals surface area contributed by atoms with Crippen molar-refractivity contribution in [1.82, 2.24) is 9.80 Å². The molecule has 1 fully saturated rings. The van der Waals surface area contributed by atoms with Crippen LogP contribution < -0.4 is 0 Å². The molecule has 0 atom stereocenters. The molecule has 1 aromatic heterocycles. The fraction of sp³-hybridized carbons (Fsp3) is 0.333. The average Bonchev–Trinajstić information content (AvgIpc) is 3.19. The van der Waals surface area contributed by atoms with Crippen molar-refractivity contribution in [2.24, 2.45) is 0 Å². The van der Waals surface area contributed by atoms with E-state index in [1.165, 1.54) is 5.56 Å². The van der Waals surface area contributed by atoms with E-state index in [1.807, 2.05) is 52.1 Å². The molecule has 0 unspecified atom stereocenters. The standard InChI is InChI=1S/C21H24N2O2S/c1-16(2)18-4-6-19(7-5-18)21(25)23-12-10-22(11-13-23)20(24)8-3-17-9-14-26-15-17/h3-9,14-16H,10-13H2,1-2H3/b8-3+. The molecule has 136 valence electrons. The molecule has 1 aliphatic rings. The van der Waals surface area contributed by atoms with Crippen LogP contribution in [-0.2, 0) is 4.79 Å². The van der Waals surface area contributed by atoms with Crippen molar-refractivity contribution in [2.45, 2.75) is 19.8 Å². The predicted molar refractivity (Wildman–Crippen MR) is 106 cm³/mol. The third-order valence-corrected chi connectivity index (χ3v) is 5.37. The van der Waals surface area contributed by atoms with Gasteiger partial charge in [0.1, 0.15) is 0 Å². The highest BCUT2D eigenvalue weighted by atomic mass is 32.1. The van der Waals surface area contributed by atoms with Crippen LogP contribution in [0.1, 0.15) is 41.3 Å². The summed E-state index contributed by atoms with van der Waals surface area (Å²) in [4.78, 5) is 28.6. The molecule has 4 nitrogen and oxygen atoms in total. The first-order valence-electron chi connectivity index (χ1n) is 8.93. The molecule has 1 aliphatic heterocycles. The van der Waals surface area contributed by atoms with Crippen molar-refractivity contribution in [3.63, 3.8) is 0 Å². The molecule has 5 heteroatoms. The Balaban J connectivity index is 1.54. The summed E-state index contributed by atoms with van der Waals surface area (Å²) in [6.07, 6.45) is 3.46. The van der Waals surface area contributed by atoms with Gasteiger partial charge in [-0.05, 0) is 52.1 Å². The lowest BCUT2D eigenvalue weighted by molar-refractivity contribution is -0.127. The summed E-state index contributed by atoms with van der Waals surface area (Å²) >= 11 is 1.61. The Hall–Kier alpha value is -2.40. The second kappa shape index (κ2) is 8.32. The van der Waals surface area contributed by atoms with Gasteiger partial charge in [-0.25, -0.2) is 0 Å².